The summed E-state index contributed by atoms with van der Waals surface area (Å²) in [6, 6.07) is 0. The topological polar surface area (TPSA) is 30.5 Å². The zero-order valence-electron chi connectivity index (χ0n) is 10.0. The molecule has 1 aliphatic carbocycles. The molecule has 2 saturated heterocycles. The van der Waals surface area contributed by atoms with E-state index in [1.165, 1.54) is 32.1 Å². The van der Waals surface area contributed by atoms with Gasteiger partial charge in [-0.25, -0.2) is 0 Å². The third-order valence-electron chi connectivity index (χ3n) is 4.35. The normalized spacial score (nSPS) is 38.2. The van der Waals surface area contributed by atoms with E-state index in [0.29, 0.717) is 12.2 Å². The summed E-state index contributed by atoms with van der Waals surface area (Å²) in [5.41, 5.74) is 0.227. The highest BCUT2D eigenvalue weighted by Gasteiger charge is 2.43. The van der Waals surface area contributed by atoms with Crippen LogP contribution in [-0.4, -0.2) is 37.5 Å². The van der Waals surface area contributed by atoms with Gasteiger partial charge in [-0.2, -0.15) is 0 Å². The number of hydrogen-bond donors (Lipinski definition) is 1. The van der Waals surface area contributed by atoms with Gasteiger partial charge in [0.1, 0.15) is 0 Å². The maximum absolute atomic E-state index is 6.22. The lowest BCUT2D eigenvalue weighted by molar-refractivity contribution is -0.179. The van der Waals surface area contributed by atoms with Crippen molar-refractivity contribution in [2.75, 3.05) is 19.7 Å². The Labute approximate surface area is 97.9 Å². The van der Waals surface area contributed by atoms with Gasteiger partial charge < -0.3 is 14.8 Å². The molecule has 0 bridgehead atoms. The molecule has 0 aromatic carbocycles. The van der Waals surface area contributed by atoms with E-state index in [-0.39, 0.29) is 5.60 Å². The molecule has 2 atom stereocenters. The second kappa shape index (κ2) is 4.63. The third kappa shape index (κ3) is 2.27. The Bertz CT molecular complexity index is 234. The molecule has 3 nitrogen and oxygen atoms in total. The fourth-order valence-electron chi connectivity index (χ4n) is 3.23. The third-order valence-corrected chi connectivity index (χ3v) is 4.35. The van der Waals surface area contributed by atoms with Gasteiger partial charge in [-0.05, 0) is 45.1 Å². The Kier molecular flexibility index (Phi) is 3.18. The van der Waals surface area contributed by atoms with Crippen molar-refractivity contribution in [2.45, 2.75) is 62.8 Å². The van der Waals surface area contributed by atoms with Crippen molar-refractivity contribution in [1.82, 2.24) is 5.32 Å². The van der Waals surface area contributed by atoms with E-state index in [9.17, 15) is 0 Å². The Morgan fingerprint density at radius 1 is 1.12 bits per heavy atom. The second-order valence-electron chi connectivity index (χ2n) is 5.60. The fraction of sp³-hybridized carbons (Fsp3) is 1.00. The monoisotopic (exact) mass is 225 g/mol. The summed E-state index contributed by atoms with van der Waals surface area (Å²) in [5.74, 6) is 0. The smallest absolute Gasteiger partial charge is 0.0707 e. The van der Waals surface area contributed by atoms with Crippen LogP contribution in [0.3, 0.4) is 0 Å². The summed E-state index contributed by atoms with van der Waals surface area (Å²) in [7, 11) is 0. The van der Waals surface area contributed by atoms with Crippen LogP contribution in [0.4, 0.5) is 0 Å². The first-order valence-electron chi connectivity index (χ1n) is 6.86. The van der Waals surface area contributed by atoms with Gasteiger partial charge in [-0.1, -0.05) is 0 Å². The van der Waals surface area contributed by atoms with Crippen molar-refractivity contribution in [3.8, 4) is 0 Å². The Balaban J connectivity index is 1.50. The molecule has 2 heterocycles. The molecular weight excluding hydrogens is 202 g/mol. The lowest BCUT2D eigenvalue weighted by Crippen LogP contribution is -2.49. The zero-order chi connectivity index (χ0) is 10.8. The van der Waals surface area contributed by atoms with Gasteiger partial charge in [0.15, 0.2) is 0 Å². The summed E-state index contributed by atoms with van der Waals surface area (Å²) in [6.45, 7) is 3.12. The SMILES string of the molecule is C1CNCC(OC2CCOC3(CCC3)C2)C1. The summed E-state index contributed by atoms with van der Waals surface area (Å²) < 4.78 is 12.1. The number of piperidine rings is 1. The minimum Gasteiger partial charge on any atom is -0.375 e. The van der Waals surface area contributed by atoms with Crippen LogP contribution in [0.25, 0.3) is 0 Å². The minimum atomic E-state index is 0.227. The van der Waals surface area contributed by atoms with E-state index in [2.05, 4.69) is 5.32 Å². The first-order valence-corrected chi connectivity index (χ1v) is 6.86. The number of ether oxygens (including phenoxy) is 2. The lowest BCUT2D eigenvalue weighted by atomic mass is 9.74. The predicted octanol–water partition coefficient (Wildman–Crippen LogP) is 1.86. The Morgan fingerprint density at radius 3 is 2.75 bits per heavy atom. The van der Waals surface area contributed by atoms with Crippen molar-refractivity contribution in [1.29, 1.82) is 0 Å². The number of rotatable bonds is 2. The van der Waals surface area contributed by atoms with Crippen molar-refractivity contribution in [3.63, 3.8) is 0 Å². The molecular formula is C13H23NO2. The second-order valence-corrected chi connectivity index (χ2v) is 5.60. The minimum absolute atomic E-state index is 0.227. The summed E-state index contributed by atoms with van der Waals surface area (Å²) in [6.07, 6.45) is 9.51. The first kappa shape index (κ1) is 11.0. The quantitative estimate of drug-likeness (QED) is 0.778. The van der Waals surface area contributed by atoms with Crippen LogP contribution in [0.1, 0.15) is 44.9 Å². The van der Waals surface area contributed by atoms with Gasteiger partial charge in [0.05, 0.1) is 17.8 Å². The molecule has 3 heteroatoms. The summed E-state index contributed by atoms with van der Waals surface area (Å²) in [4.78, 5) is 0. The molecule has 92 valence electrons. The van der Waals surface area contributed by atoms with Crippen LogP contribution in [0, 0.1) is 0 Å². The van der Waals surface area contributed by atoms with Crippen LogP contribution in [0.5, 0.6) is 0 Å². The van der Waals surface area contributed by atoms with Crippen LogP contribution >= 0.6 is 0 Å². The van der Waals surface area contributed by atoms with Gasteiger partial charge >= 0.3 is 0 Å². The molecule has 0 amide bonds. The molecule has 3 rings (SSSR count). The lowest BCUT2D eigenvalue weighted by Gasteiger charge is -2.47. The average Bonchev–Trinajstić information content (AvgIpc) is 2.29. The Hall–Kier alpha value is -0.120. The maximum Gasteiger partial charge on any atom is 0.0707 e. The highest BCUT2D eigenvalue weighted by atomic mass is 16.5. The van der Waals surface area contributed by atoms with Gasteiger partial charge in [-0.15, -0.1) is 0 Å². The molecule has 0 aromatic heterocycles. The van der Waals surface area contributed by atoms with E-state index in [1.807, 2.05) is 0 Å². The molecule has 1 spiro atoms. The van der Waals surface area contributed by atoms with Crippen LogP contribution in [0.15, 0.2) is 0 Å². The largest absolute Gasteiger partial charge is 0.375 e. The van der Waals surface area contributed by atoms with Gasteiger partial charge in [-0.3, -0.25) is 0 Å². The van der Waals surface area contributed by atoms with Gasteiger partial charge in [0.2, 0.25) is 0 Å². The molecule has 3 aliphatic rings. The number of hydrogen-bond acceptors (Lipinski definition) is 3. The van der Waals surface area contributed by atoms with E-state index in [0.717, 1.165) is 32.5 Å². The van der Waals surface area contributed by atoms with Crippen LogP contribution in [0.2, 0.25) is 0 Å². The predicted molar refractivity (Wildman–Crippen MR) is 62.5 cm³/mol. The Morgan fingerprint density at radius 2 is 2.06 bits per heavy atom. The van der Waals surface area contributed by atoms with E-state index < -0.39 is 0 Å². The zero-order valence-corrected chi connectivity index (χ0v) is 10.0. The summed E-state index contributed by atoms with van der Waals surface area (Å²) in [5, 5.41) is 3.42. The van der Waals surface area contributed by atoms with Crippen molar-refractivity contribution in [2.24, 2.45) is 0 Å². The van der Waals surface area contributed by atoms with Crippen LogP contribution < -0.4 is 5.32 Å². The van der Waals surface area contributed by atoms with E-state index in [1.54, 1.807) is 0 Å². The van der Waals surface area contributed by atoms with Crippen molar-refractivity contribution < 1.29 is 9.47 Å². The molecule has 2 unspecified atom stereocenters. The van der Waals surface area contributed by atoms with Crippen molar-refractivity contribution >= 4 is 0 Å². The standard InChI is InChI=1S/C13H23NO2/c1-3-12(10-14-7-1)16-11-4-8-15-13(9-11)5-2-6-13/h11-12,14H,1-10H2. The molecule has 16 heavy (non-hydrogen) atoms. The first-order chi connectivity index (χ1) is 7.86. The fourth-order valence-corrected chi connectivity index (χ4v) is 3.23. The molecule has 1 N–H and O–H groups in total. The average molecular weight is 225 g/mol. The van der Waals surface area contributed by atoms with E-state index >= 15 is 0 Å². The molecule has 2 aliphatic heterocycles. The molecule has 1 saturated carbocycles. The molecule has 3 fully saturated rings. The molecule has 0 radical (unpaired) electrons. The summed E-state index contributed by atoms with van der Waals surface area (Å²) >= 11 is 0. The highest BCUT2D eigenvalue weighted by molar-refractivity contribution is 4.94. The van der Waals surface area contributed by atoms with Crippen molar-refractivity contribution in [3.05, 3.63) is 0 Å². The highest BCUT2D eigenvalue weighted by Crippen LogP contribution is 2.43. The van der Waals surface area contributed by atoms with Gasteiger partial charge in [0.25, 0.3) is 0 Å². The van der Waals surface area contributed by atoms with Crippen LogP contribution in [-0.2, 0) is 9.47 Å². The maximum atomic E-state index is 6.22. The van der Waals surface area contributed by atoms with Gasteiger partial charge in [0, 0.05) is 19.6 Å². The molecule has 0 aromatic rings. The van der Waals surface area contributed by atoms with E-state index in [4.69, 9.17) is 9.47 Å². The number of nitrogens with one attached hydrogen (secondary N) is 1.